The van der Waals surface area contributed by atoms with Crippen LogP contribution in [0.5, 0.6) is 11.6 Å². The molecular formula is C24H21ClN6O2. The molecule has 33 heavy (non-hydrogen) atoms. The van der Waals surface area contributed by atoms with Gasteiger partial charge in [0.25, 0.3) is 5.91 Å². The van der Waals surface area contributed by atoms with Gasteiger partial charge >= 0.3 is 0 Å². The molecule has 3 saturated carbocycles. The Hall–Kier alpha value is -3.62. The molecular weight excluding hydrogens is 440 g/mol. The highest BCUT2D eigenvalue weighted by atomic mass is 35.5. The molecule has 6 rings (SSSR count). The van der Waals surface area contributed by atoms with Crippen LogP contribution < -0.4 is 15.4 Å². The molecule has 1 aromatic heterocycles. The summed E-state index contributed by atoms with van der Waals surface area (Å²) in [5.74, 6) is 1.12. The number of carbonyl (C=O) groups is 1. The minimum atomic E-state index is -0.311. The quantitative estimate of drug-likeness (QED) is 0.621. The maximum absolute atomic E-state index is 12.5. The lowest BCUT2D eigenvalue weighted by atomic mass is 9.71. The predicted molar refractivity (Wildman–Crippen MR) is 122 cm³/mol. The summed E-state index contributed by atoms with van der Waals surface area (Å²) in [6.45, 7) is 3.70. The Morgan fingerprint density at radius 2 is 2.09 bits per heavy atom. The number of fused-ring (bicyclic) bond motifs is 2. The number of rotatable bonds is 5. The van der Waals surface area contributed by atoms with Gasteiger partial charge < -0.3 is 15.4 Å². The van der Waals surface area contributed by atoms with E-state index in [1.807, 2.05) is 26.0 Å². The van der Waals surface area contributed by atoms with Gasteiger partial charge in [0, 0.05) is 12.1 Å². The van der Waals surface area contributed by atoms with Gasteiger partial charge in [-0.05, 0) is 68.4 Å². The molecule has 2 atom stereocenters. The number of aryl methyl sites for hydroxylation is 1. The number of carbonyl (C=O) groups excluding carboxylic acids is 1. The highest BCUT2D eigenvalue weighted by Crippen LogP contribution is 2.59. The van der Waals surface area contributed by atoms with E-state index in [0.717, 1.165) is 30.4 Å². The normalized spacial score (nSPS) is 26.8. The molecule has 1 aliphatic heterocycles. The first-order valence-corrected chi connectivity index (χ1v) is 11.1. The van der Waals surface area contributed by atoms with Crippen molar-refractivity contribution in [3.05, 3.63) is 45.6 Å². The molecule has 8 nitrogen and oxygen atoms in total. The van der Waals surface area contributed by atoms with Crippen molar-refractivity contribution in [1.29, 1.82) is 10.5 Å². The van der Waals surface area contributed by atoms with Gasteiger partial charge in [-0.3, -0.25) is 4.79 Å². The van der Waals surface area contributed by atoms with Gasteiger partial charge in [0.05, 0.1) is 34.2 Å². The molecule has 9 heteroatoms. The third-order valence-corrected chi connectivity index (χ3v) is 7.03. The molecule has 2 N–H and O–H groups in total. The fourth-order valence-electron chi connectivity index (χ4n) is 5.16. The number of allylic oxidation sites excluding steroid dienone is 1. The number of hydrogen-bond donors (Lipinski definition) is 2. The number of nitrogens with one attached hydrogen (secondary N) is 2. The second kappa shape index (κ2) is 7.75. The van der Waals surface area contributed by atoms with Gasteiger partial charge in [0.2, 0.25) is 11.8 Å². The number of benzene rings is 1. The number of hydrogen-bond acceptors (Lipinski definition) is 7. The molecule has 4 aliphatic rings. The summed E-state index contributed by atoms with van der Waals surface area (Å²) < 4.78 is 6.19. The van der Waals surface area contributed by atoms with Crippen molar-refractivity contribution in [2.24, 2.45) is 11.3 Å². The molecule has 1 amide bonds. The lowest BCUT2D eigenvalue weighted by Crippen LogP contribution is -2.29. The van der Waals surface area contributed by atoms with E-state index in [1.54, 1.807) is 12.1 Å². The molecule has 0 radical (unpaired) electrons. The fraction of sp³-hybridized carbons (Fsp3) is 0.375. The summed E-state index contributed by atoms with van der Waals surface area (Å²) in [6.07, 6.45) is 5.56. The Morgan fingerprint density at radius 3 is 2.76 bits per heavy atom. The summed E-state index contributed by atoms with van der Waals surface area (Å²) in [5.41, 5.74) is 2.16. The van der Waals surface area contributed by atoms with Crippen molar-refractivity contribution < 1.29 is 9.53 Å². The average Bonchev–Trinajstić information content (AvgIpc) is 3.37. The summed E-state index contributed by atoms with van der Waals surface area (Å²) in [5, 5.41) is 24.8. The van der Waals surface area contributed by atoms with E-state index in [9.17, 15) is 10.1 Å². The fourth-order valence-corrected chi connectivity index (χ4v) is 5.47. The third kappa shape index (κ3) is 3.57. The first kappa shape index (κ1) is 21.2. The topological polar surface area (TPSA) is 124 Å². The van der Waals surface area contributed by atoms with Crippen LogP contribution in [0.3, 0.4) is 0 Å². The predicted octanol–water partition coefficient (Wildman–Crippen LogP) is 4.68. The molecule has 3 aliphatic carbocycles. The highest BCUT2D eigenvalue weighted by molar-refractivity contribution is 6.32. The summed E-state index contributed by atoms with van der Waals surface area (Å²) in [4.78, 5) is 21.6. The van der Waals surface area contributed by atoms with Crippen LogP contribution in [-0.4, -0.2) is 21.9 Å². The van der Waals surface area contributed by atoms with Crippen LogP contribution >= 0.6 is 11.6 Å². The Kier molecular flexibility index (Phi) is 4.99. The molecule has 0 saturated heterocycles. The van der Waals surface area contributed by atoms with Gasteiger partial charge in [-0.15, -0.1) is 0 Å². The number of amides is 1. The molecule has 166 valence electrons. The van der Waals surface area contributed by atoms with Crippen LogP contribution in [0.15, 0.2) is 18.2 Å². The molecule has 2 aromatic rings. The Balaban J connectivity index is 1.49. The van der Waals surface area contributed by atoms with E-state index in [1.165, 1.54) is 6.08 Å². The number of nitrogens with zero attached hydrogens (tertiary/aromatic N) is 4. The van der Waals surface area contributed by atoms with Gasteiger partial charge in [-0.2, -0.15) is 15.5 Å². The largest absolute Gasteiger partial charge is 0.437 e. The first-order valence-electron chi connectivity index (χ1n) is 10.8. The van der Waals surface area contributed by atoms with E-state index in [-0.39, 0.29) is 35.0 Å². The van der Waals surface area contributed by atoms with Gasteiger partial charge in [-0.1, -0.05) is 11.6 Å². The number of aromatic nitrogens is 2. The van der Waals surface area contributed by atoms with Crippen LogP contribution in [0.25, 0.3) is 6.08 Å². The lowest BCUT2D eigenvalue weighted by Gasteiger charge is -2.31. The minimum absolute atomic E-state index is 0.0916. The smallest absolute Gasteiger partial charge is 0.271 e. The summed E-state index contributed by atoms with van der Waals surface area (Å²) in [6, 6.07) is 7.75. The van der Waals surface area contributed by atoms with Gasteiger partial charge in [0.1, 0.15) is 5.69 Å². The van der Waals surface area contributed by atoms with Gasteiger partial charge in [-0.25, -0.2) is 4.98 Å². The lowest BCUT2D eigenvalue weighted by molar-refractivity contribution is 0.0954. The number of halogens is 1. The van der Waals surface area contributed by atoms with Gasteiger partial charge in [0.15, 0.2) is 5.75 Å². The van der Waals surface area contributed by atoms with Crippen LogP contribution in [-0.2, 0) is 0 Å². The second-order valence-corrected chi connectivity index (χ2v) is 9.45. The average molecular weight is 461 g/mol. The number of nitriles is 2. The minimum Gasteiger partial charge on any atom is -0.437 e. The molecule has 2 heterocycles. The van der Waals surface area contributed by atoms with Crippen molar-refractivity contribution in [2.75, 3.05) is 5.32 Å². The molecule has 1 aromatic carbocycles. The van der Waals surface area contributed by atoms with E-state index in [4.69, 9.17) is 21.6 Å². The zero-order chi connectivity index (χ0) is 23.3. The first-order chi connectivity index (χ1) is 15.8. The summed E-state index contributed by atoms with van der Waals surface area (Å²) in [7, 11) is 0. The van der Waals surface area contributed by atoms with Crippen molar-refractivity contribution in [3.8, 4) is 23.8 Å². The second-order valence-electron chi connectivity index (χ2n) is 9.04. The highest BCUT2D eigenvalue weighted by Gasteiger charge is 2.56. The Morgan fingerprint density at radius 1 is 1.30 bits per heavy atom. The molecule has 2 bridgehead atoms. The van der Waals surface area contributed by atoms with Crippen LogP contribution in [0, 0.1) is 40.9 Å². The molecule has 1 unspecified atom stereocenters. The van der Waals surface area contributed by atoms with E-state index >= 15 is 0 Å². The third-order valence-electron chi connectivity index (χ3n) is 6.74. The van der Waals surface area contributed by atoms with E-state index in [0.29, 0.717) is 28.2 Å². The zero-order valence-corrected chi connectivity index (χ0v) is 18.9. The van der Waals surface area contributed by atoms with Crippen LogP contribution in [0.1, 0.15) is 59.4 Å². The SMILES string of the molecule is Cc1cc(/C=C/C#N)cc(Cl)c1Oc1nc(NC2CC3(C#N)CC2C3)nc2c1[C@H](C)NC2=O. The van der Waals surface area contributed by atoms with Crippen LogP contribution in [0.4, 0.5) is 5.95 Å². The Bertz CT molecular complexity index is 1260. The van der Waals surface area contributed by atoms with E-state index < -0.39 is 0 Å². The zero-order valence-electron chi connectivity index (χ0n) is 18.1. The van der Waals surface area contributed by atoms with Crippen molar-refractivity contribution in [3.63, 3.8) is 0 Å². The van der Waals surface area contributed by atoms with E-state index in [2.05, 4.69) is 26.7 Å². The number of anilines is 1. The van der Waals surface area contributed by atoms with Crippen LogP contribution in [0.2, 0.25) is 5.02 Å². The van der Waals surface area contributed by atoms with Crippen molar-refractivity contribution in [2.45, 2.75) is 45.2 Å². The molecule has 3 fully saturated rings. The Labute approximate surface area is 196 Å². The maximum Gasteiger partial charge on any atom is 0.271 e. The summed E-state index contributed by atoms with van der Waals surface area (Å²) >= 11 is 6.50. The number of ether oxygens (including phenoxy) is 1. The van der Waals surface area contributed by atoms with Crippen molar-refractivity contribution in [1.82, 2.24) is 15.3 Å². The standard InChI is InChI=1S/C24H21ClN6O2/c1-12-6-14(4-3-5-26)7-16(25)20(12)33-22-18-13(2)28-21(32)19(18)30-23(31-22)29-17-10-24(11-27)8-15(17)9-24/h3-4,6-7,13,15,17H,8-10H2,1-2H3,(H,28,32)(H,29,30,31)/b4-3+/t13-,15?,17?,24?/m0/s1. The maximum atomic E-state index is 12.5. The van der Waals surface area contributed by atoms with Crippen molar-refractivity contribution >= 4 is 29.5 Å². The molecule has 0 spiro atoms. The monoisotopic (exact) mass is 460 g/mol.